The molecular weight excluding hydrogens is 144 g/mol. The van der Waals surface area contributed by atoms with E-state index in [-0.39, 0.29) is 24.1 Å². The van der Waals surface area contributed by atoms with E-state index in [0.717, 1.165) is 6.42 Å². The van der Waals surface area contributed by atoms with Crippen LogP contribution in [0.2, 0.25) is 0 Å². The first-order valence-corrected chi connectivity index (χ1v) is 3.84. The van der Waals surface area contributed by atoms with Crippen LogP contribution in [0.5, 0.6) is 0 Å². The Balaban J connectivity index is 2.51. The Kier molecular flexibility index (Phi) is 2.62. The van der Waals surface area contributed by atoms with Crippen LogP contribution in [-0.2, 0) is 14.3 Å². The highest BCUT2D eigenvalue weighted by Crippen LogP contribution is 2.26. The Morgan fingerprint density at radius 1 is 1.64 bits per heavy atom. The highest BCUT2D eigenvalue weighted by Gasteiger charge is 2.34. The normalized spacial score (nSPS) is 37.5. The topological polar surface area (TPSA) is 35.5 Å². The Labute approximate surface area is 66.7 Å². The molecule has 3 nitrogen and oxygen atoms in total. The number of methoxy groups -OCH3 is 1. The third kappa shape index (κ3) is 1.79. The summed E-state index contributed by atoms with van der Waals surface area (Å²) in [6.07, 6.45) is 0.389. The second-order valence-corrected chi connectivity index (χ2v) is 3.05. The molecule has 0 bridgehead atoms. The van der Waals surface area contributed by atoms with Gasteiger partial charge < -0.3 is 9.47 Å². The molecule has 0 spiro atoms. The highest BCUT2D eigenvalue weighted by atomic mass is 16.7. The van der Waals surface area contributed by atoms with Crippen molar-refractivity contribution in [3.8, 4) is 0 Å². The van der Waals surface area contributed by atoms with E-state index in [1.807, 2.05) is 6.92 Å². The van der Waals surface area contributed by atoms with E-state index in [4.69, 9.17) is 9.47 Å². The van der Waals surface area contributed by atoms with Gasteiger partial charge in [-0.05, 0) is 12.8 Å². The number of hydrogen-bond acceptors (Lipinski definition) is 3. The molecule has 0 saturated carbocycles. The molecule has 3 heteroatoms. The monoisotopic (exact) mass is 158 g/mol. The average molecular weight is 158 g/mol. The second kappa shape index (κ2) is 3.32. The van der Waals surface area contributed by atoms with Gasteiger partial charge in [-0.2, -0.15) is 0 Å². The van der Waals surface area contributed by atoms with E-state index < -0.39 is 0 Å². The van der Waals surface area contributed by atoms with Crippen LogP contribution in [0.4, 0.5) is 0 Å². The minimum absolute atomic E-state index is 0.0945. The van der Waals surface area contributed by atoms with Gasteiger partial charge in [0.15, 0.2) is 12.1 Å². The molecule has 11 heavy (non-hydrogen) atoms. The fourth-order valence-corrected chi connectivity index (χ4v) is 1.43. The van der Waals surface area contributed by atoms with E-state index in [1.165, 1.54) is 0 Å². The maximum absolute atomic E-state index is 10.9. The van der Waals surface area contributed by atoms with Crippen LogP contribution in [0.15, 0.2) is 0 Å². The minimum atomic E-state index is -0.250. The summed E-state index contributed by atoms with van der Waals surface area (Å²) in [7, 11) is 1.60. The molecule has 1 heterocycles. The maximum Gasteiger partial charge on any atom is 0.158 e. The van der Waals surface area contributed by atoms with Crippen LogP contribution >= 0.6 is 0 Å². The van der Waals surface area contributed by atoms with E-state index >= 15 is 0 Å². The van der Waals surface area contributed by atoms with E-state index in [1.54, 1.807) is 14.0 Å². The molecule has 0 radical (unpaired) electrons. The number of ketones is 1. The summed E-state index contributed by atoms with van der Waals surface area (Å²) >= 11 is 0. The number of hydrogen-bond donors (Lipinski definition) is 0. The van der Waals surface area contributed by atoms with Gasteiger partial charge in [0.05, 0.1) is 0 Å². The van der Waals surface area contributed by atoms with E-state index in [0.29, 0.717) is 0 Å². The van der Waals surface area contributed by atoms with Crippen molar-refractivity contribution < 1.29 is 14.3 Å². The fraction of sp³-hybridized carbons (Fsp3) is 0.875. The molecule has 3 atom stereocenters. The lowest BCUT2D eigenvalue weighted by atomic mass is 10.0. The standard InChI is InChI=1S/C8H14O3/c1-5-4-7(10-3)11-8(5)6(2)9/h5,7-8H,4H2,1-3H3/t5-,7?,8-/m0/s1. The van der Waals surface area contributed by atoms with Gasteiger partial charge in [-0.25, -0.2) is 0 Å². The van der Waals surface area contributed by atoms with Gasteiger partial charge in [0, 0.05) is 13.5 Å². The van der Waals surface area contributed by atoms with Crippen molar-refractivity contribution in [1.82, 2.24) is 0 Å². The molecule has 0 amide bonds. The van der Waals surface area contributed by atoms with Crippen molar-refractivity contribution in [3.05, 3.63) is 0 Å². The van der Waals surface area contributed by atoms with Crippen molar-refractivity contribution in [1.29, 1.82) is 0 Å². The van der Waals surface area contributed by atoms with Crippen LogP contribution < -0.4 is 0 Å². The second-order valence-electron chi connectivity index (χ2n) is 3.05. The first-order valence-electron chi connectivity index (χ1n) is 3.84. The Morgan fingerprint density at radius 2 is 2.27 bits per heavy atom. The zero-order valence-electron chi connectivity index (χ0n) is 7.16. The summed E-state index contributed by atoms with van der Waals surface area (Å²) in [5.74, 6) is 0.384. The largest absolute Gasteiger partial charge is 0.356 e. The predicted octanol–water partition coefficient (Wildman–Crippen LogP) is 0.973. The smallest absolute Gasteiger partial charge is 0.158 e. The number of rotatable bonds is 2. The van der Waals surface area contributed by atoms with Gasteiger partial charge in [0.1, 0.15) is 6.10 Å². The van der Waals surface area contributed by atoms with Gasteiger partial charge in [-0.3, -0.25) is 4.79 Å². The van der Waals surface area contributed by atoms with Crippen molar-refractivity contribution in [2.24, 2.45) is 5.92 Å². The maximum atomic E-state index is 10.9. The van der Waals surface area contributed by atoms with E-state index in [9.17, 15) is 4.79 Å². The fourth-order valence-electron chi connectivity index (χ4n) is 1.43. The molecule has 0 aromatic carbocycles. The van der Waals surface area contributed by atoms with Crippen LogP contribution in [0.1, 0.15) is 20.3 Å². The molecule has 0 aliphatic carbocycles. The molecule has 1 unspecified atom stereocenters. The summed E-state index contributed by atoms with van der Waals surface area (Å²) in [5.41, 5.74) is 0. The highest BCUT2D eigenvalue weighted by molar-refractivity contribution is 5.81. The summed E-state index contributed by atoms with van der Waals surface area (Å²) in [4.78, 5) is 10.9. The lowest BCUT2D eigenvalue weighted by Gasteiger charge is -2.10. The van der Waals surface area contributed by atoms with Crippen molar-refractivity contribution in [3.63, 3.8) is 0 Å². The van der Waals surface area contributed by atoms with Gasteiger partial charge in [0.25, 0.3) is 0 Å². The van der Waals surface area contributed by atoms with Crippen LogP contribution in [0.3, 0.4) is 0 Å². The van der Waals surface area contributed by atoms with Crippen molar-refractivity contribution in [2.45, 2.75) is 32.7 Å². The number of Topliss-reactive ketones (excluding diaryl/α,β-unsaturated/α-hetero) is 1. The Morgan fingerprint density at radius 3 is 2.55 bits per heavy atom. The van der Waals surface area contributed by atoms with Gasteiger partial charge in [0.2, 0.25) is 0 Å². The molecule has 1 aliphatic heterocycles. The lowest BCUT2D eigenvalue weighted by Crippen LogP contribution is -2.23. The number of carbonyl (C=O) groups excluding carboxylic acids is 1. The molecule has 1 aliphatic rings. The SMILES string of the molecule is COC1C[C@H](C)[C@@H](C(C)=O)O1. The molecular formula is C8H14O3. The Bertz CT molecular complexity index is 155. The molecule has 1 saturated heterocycles. The number of carbonyl (C=O) groups is 1. The Hall–Kier alpha value is -0.410. The van der Waals surface area contributed by atoms with Crippen molar-refractivity contribution >= 4 is 5.78 Å². The molecule has 1 rings (SSSR count). The molecule has 0 aromatic rings. The zero-order chi connectivity index (χ0) is 8.43. The summed E-state index contributed by atoms with van der Waals surface area (Å²) < 4.78 is 10.3. The third-order valence-corrected chi connectivity index (χ3v) is 2.04. The van der Waals surface area contributed by atoms with Gasteiger partial charge >= 0.3 is 0 Å². The van der Waals surface area contributed by atoms with Crippen molar-refractivity contribution in [2.75, 3.05) is 7.11 Å². The third-order valence-electron chi connectivity index (χ3n) is 2.04. The summed E-state index contributed by atoms with van der Waals surface area (Å²) in [5, 5.41) is 0. The summed E-state index contributed by atoms with van der Waals surface area (Å²) in [6, 6.07) is 0. The molecule has 0 N–H and O–H groups in total. The van der Waals surface area contributed by atoms with Crippen LogP contribution in [0.25, 0.3) is 0 Å². The summed E-state index contributed by atoms with van der Waals surface area (Å²) in [6.45, 7) is 3.56. The van der Waals surface area contributed by atoms with Gasteiger partial charge in [-0.15, -0.1) is 0 Å². The molecule has 64 valence electrons. The van der Waals surface area contributed by atoms with Crippen LogP contribution in [-0.4, -0.2) is 25.3 Å². The lowest BCUT2D eigenvalue weighted by molar-refractivity contribution is -0.145. The number of ether oxygens (including phenoxy) is 2. The average Bonchev–Trinajstić information content (AvgIpc) is 2.30. The predicted molar refractivity (Wildman–Crippen MR) is 40.1 cm³/mol. The van der Waals surface area contributed by atoms with Gasteiger partial charge in [-0.1, -0.05) is 6.92 Å². The quantitative estimate of drug-likeness (QED) is 0.600. The molecule has 1 fully saturated rings. The minimum Gasteiger partial charge on any atom is -0.356 e. The first-order chi connectivity index (χ1) is 5.15. The molecule has 0 aromatic heterocycles. The zero-order valence-corrected chi connectivity index (χ0v) is 7.16. The van der Waals surface area contributed by atoms with Crippen LogP contribution in [0, 0.1) is 5.92 Å². The first kappa shape index (κ1) is 8.68. The van der Waals surface area contributed by atoms with E-state index in [2.05, 4.69) is 0 Å².